The zero-order valence-electron chi connectivity index (χ0n) is 17.6. The number of rotatable bonds is 7. The smallest absolute Gasteiger partial charge is 0.447 e. The van der Waals surface area contributed by atoms with E-state index in [2.05, 4.69) is 10.1 Å². The number of benzene rings is 2. The first-order valence-corrected chi connectivity index (χ1v) is 11.0. The first-order chi connectivity index (χ1) is 16.3. The molecule has 1 amide bonds. The van der Waals surface area contributed by atoms with E-state index in [1.54, 1.807) is 0 Å². The van der Waals surface area contributed by atoms with Crippen molar-refractivity contribution in [3.05, 3.63) is 56.9 Å². The first-order valence-electron chi connectivity index (χ1n) is 9.95. The third kappa shape index (κ3) is 5.64. The number of carbonyl (C=O) groups is 2. The normalized spacial score (nSPS) is 15.9. The minimum absolute atomic E-state index is 0.239. The van der Waals surface area contributed by atoms with Crippen LogP contribution in [0.3, 0.4) is 0 Å². The predicted molar refractivity (Wildman–Crippen MR) is 119 cm³/mol. The van der Waals surface area contributed by atoms with Gasteiger partial charge in [0.15, 0.2) is 17.2 Å². The van der Waals surface area contributed by atoms with Gasteiger partial charge in [-0.1, -0.05) is 0 Å². The summed E-state index contributed by atoms with van der Waals surface area (Å²) in [5.41, 5.74) is 2.45. The lowest BCUT2D eigenvalue weighted by Gasteiger charge is -2.51. The summed E-state index contributed by atoms with van der Waals surface area (Å²) >= 11 is 1.84. The molecule has 1 saturated heterocycles. The zero-order chi connectivity index (χ0) is 26.1. The summed E-state index contributed by atoms with van der Waals surface area (Å²) < 4.78 is 86.1. The van der Waals surface area contributed by atoms with Crippen molar-refractivity contribution in [3.63, 3.8) is 0 Å². The second kappa shape index (κ2) is 10.2. The van der Waals surface area contributed by atoms with Crippen LogP contribution in [0.25, 0.3) is 0 Å². The number of anilines is 2. The molecule has 4 N–H and O–H groups in total. The van der Waals surface area contributed by atoms with Crippen molar-refractivity contribution in [2.45, 2.75) is 24.2 Å². The van der Waals surface area contributed by atoms with Crippen LogP contribution in [0.1, 0.15) is 16.8 Å². The number of halogens is 7. The van der Waals surface area contributed by atoms with Crippen molar-refractivity contribution in [2.75, 3.05) is 25.0 Å². The van der Waals surface area contributed by atoms with Gasteiger partial charge in [0, 0.05) is 10.2 Å². The number of aliphatic hydroxyl groups is 1. The summed E-state index contributed by atoms with van der Waals surface area (Å²) in [5.74, 6) is -7.12. The fourth-order valence-corrected chi connectivity index (χ4v) is 3.96. The molecule has 2 aromatic carbocycles. The maximum atomic E-state index is 14.6. The van der Waals surface area contributed by atoms with Crippen LogP contribution < -0.4 is 11.1 Å². The Labute approximate surface area is 208 Å². The third-order valence-corrected chi connectivity index (χ3v) is 6.03. The number of alkyl halides is 3. The highest BCUT2D eigenvalue weighted by molar-refractivity contribution is 14.1. The third-order valence-electron chi connectivity index (χ3n) is 5.36. The van der Waals surface area contributed by atoms with Crippen LogP contribution in [-0.2, 0) is 9.53 Å². The van der Waals surface area contributed by atoms with Gasteiger partial charge in [0.2, 0.25) is 0 Å². The van der Waals surface area contributed by atoms with Crippen molar-refractivity contribution in [3.8, 4) is 0 Å². The Morgan fingerprint density at radius 2 is 1.83 bits per heavy atom. The van der Waals surface area contributed by atoms with Gasteiger partial charge in [-0.15, -0.1) is 0 Å². The Hall–Kier alpha value is -2.59. The lowest BCUT2D eigenvalue weighted by atomic mass is 9.83. The summed E-state index contributed by atoms with van der Waals surface area (Å²) in [7, 11) is 0. The molecule has 1 aliphatic heterocycles. The molecule has 1 unspecified atom stereocenters. The molecule has 1 fully saturated rings. The fraction of sp³-hybridized carbons (Fsp3) is 0.333. The lowest BCUT2D eigenvalue weighted by Crippen LogP contribution is -2.73. The molecule has 14 heteroatoms. The molecule has 1 atom stereocenters. The summed E-state index contributed by atoms with van der Waals surface area (Å²) in [6, 6.07) is 4.16. The highest BCUT2D eigenvalue weighted by Crippen LogP contribution is 2.36. The van der Waals surface area contributed by atoms with Gasteiger partial charge in [-0.3, -0.25) is 4.79 Å². The highest BCUT2D eigenvalue weighted by Gasteiger charge is 2.56. The van der Waals surface area contributed by atoms with Crippen molar-refractivity contribution < 1.29 is 45.8 Å². The van der Waals surface area contributed by atoms with Crippen LogP contribution >= 0.6 is 22.6 Å². The number of aliphatic hydroxyl groups excluding tert-OH is 1. The van der Waals surface area contributed by atoms with Gasteiger partial charge in [0.05, 0.1) is 36.1 Å². The van der Waals surface area contributed by atoms with E-state index in [-0.39, 0.29) is 12.1 Å². The van der Waals surface area contributed by atoms with Crippen LogP contribution in [0.5, 0.6) is 0 Å². The van der Waals surface area contributed by atoms with Gasteiger partial charge >= 0.3 is 12.1 Å². The van der Waals surface area contributed by atoms with E-state index in [1.807, 2.05) is 22.6 Å². The Kier molecular flexibility index (Phi) is 7.86. The van der Waals surface area contributed by atoms with E-state index < -0.39 is 78.1 Å². The number of nitrogens with one attached hydrogen (secondary N) is 1. The van der Waals surface area contributed by atoms with Gasteiger partial charge < -0.3 is 25.8 Å². The molecule has 7 nitrogen and oxygen atoms in total. The van der Waals surface area contributed by atoms with Gasteiger partial charge in [0.1, 0.15) is 5.82 Å². The zero-order valence-corrected chi connectivity index (χ0v) is 19.8. The average Bonchev–Trinajstić information content (AvgIpc) is 2.74. The maximum absolute atomic E-state index is 14.6. The molecule has 0 bridgehead atoms. The molecule has 0 radical (unpaired) electrons. The van der Waals surface area contributed by atoms with Crippen molar-refractivity contribution in [1.82, 2.24) is 4.90 Å². The number of nitrogens with zero attached hydrogens (tertiary/aromatic N) is 1. The fourth-order valence-electron chi connectivity index (χ4n) is 3.51. The average molecular weight is 617 g/mol. The molecule has 2 aromatic rings. The number of esters is 1. The molecule has 3 rings (SSSR count). The molecule has 1 aliphatic rings. The quantitative estimate of drug-likeness (QED) is 0.250. The van der Waals surface area contributed by atoms with Crippen molar-refractivity contribution >= 4 is 45.8 Å². The Morgan fingerprint density at radius 1 is 1.17 bits per heavy atom. The second-order valence-corrected chi connectivity index (χ2v) is 9.01. The number of carbonyl (C=O) groups excluding carboxylic acids is 2. The van der Waals surface area contributed by atoms with Crippen LogP contribution in [0, 0.1) is 21.0 Å². The minimum atomic E-state index is -5.33. The minimum Gasteiger partial charge on any atom is -0.447 e. The Morgan fingerprint density at radius 3 is 2.40 bits per heavy atom. The van der Waals surface area contributed by atoms with Gasteiger partial charge in [-0.05, 0) is 59.3 Å². The molecule has 0 aliphatic carbocycles. The van der Waals surface area contributed by atoms with Gasteiger partial charge in [0.25, 0.3) is 5.91 Å². The van der Waals surface area contributed by atoms with E-state index in [4.69, 9.17) is 10.8 Å². The summed E-state index contributed by atoms with van der Waals surface area (Å²) in [4.78, 5) is 25.4. The molecule has 35 heavy (non-hydrogen) atoms. The number of amides is 1. The lowest BCUT2D eigenvalue weighted by molar-refractivity contribution is -0.228. The molecule has 190 valence electrons. The van der Waals surface area contributed by atoms with E-state index in [9.17, 15) is 35.9 Å². The monoisotopic (exact) mass is 617 g/mol. The van der Waals surface area contributed by atoms with E-state index in [0.29, 0.717) is 9.64 Å². The van der Waals surface area contributed by atoms with E-state index in [1.165, 1.54) is 12.1 Å². The molecule has 0 spiro atoms. The number of likely N-dealkylation sites (tertiary alicyclic amines) is 1. The van der Waals surface area contributed by atoms with Crippen LogP contribution in [0.15, 0.2) is 30.3 Å². The molecular weight excluding hydrogens is 599 g/mol. The van der Waals surface area contributed by atoms with Crippen LogP contribution in [0.2, 0.25) is 0 Å². The van der Waals surface area contributed by atoms with Gasteiger partial charge in [-0.25, -0.2) is 18.0 Å². The summed E-state index contributed by atoms with van der Waals surface area (Å²) in [5, 5.41) is 11.4. The number of ether oxygens (including phenoxy) is 1. The Balaban J connectivity index is 1.89. The van der Waals surface area contributed by atoms with Crippen molar-refractivity contribution in [1.29, 1.82) is 0 Å². The Bertz CT molecular complexity index is 1140. The predicted octanol–water partition coefficient (Wildman–Crippen LogP) is 3.46. The van der Waals surface area contributed by atoms with E-state index >= 15 is 0 Å². The maximum Gasteiger partial charge on any atom is 0.490 e. The number of hydrogen-bond donors (Lipinski definition) is 3. The SMILES string of the molecule is NC(CCO)C1(OC(=O)C(F)(F)F)CN(C(=O)c2ccc(F)c(F)c2Nc2ccc(I)cc2F)C1. The molecule has 0 saturated carbocycles. The van der Waals surface area contributed by atoms with Crippen LogP contribution in [0.4, 0.5) is 37.7 Å². The standard InChI is InChI=1S/C21H18F6IN3O4/c22-12-3-2-11(17(16(12)24)30-14-4-1-10(28)7-13(14)23)18(33)31-8-20(9-31,15(29)5-6-32)35-19(34)21(25,26)27/h1-4,7,15,30,32H,5-6,8-9,29H2. The highest BCUT2D eigenvalue weighted by atomic mass is 127. The largest absolute Gasteiger partial charge is 0.490 e. The summed E-state index contributed by atoms with van der Waals surface area (Å²) in [6.45, 7) is -1.74. The van der Waals surface area contributed by atoms with Gasteiger partial charge in [-0.2, -0.15) is 13.2 Å². The number of nitrogens with two attached hydrogens (primary N) is 1. The van der Waals surface area contributed by atoms with E-state index in [0.717, 1.165) is 17.0 Å². The first kappa shape index (κ1) is 27.0. The van der Waals surface area contributed by atoms with Crippen molar-refractivity contribution in [2.24, 2.45) is 5.73 Å². The molecular formula is C21H18F6IN3O4. The molecule has 0 aromatic heterocycles. The second-order valence-electron chi connectivity index (χ2n) is 7.77. The number of hydrogen-bond acceptors (Lipinski definition) is 6. The topological polar surface area (TPSA) is 105 Å². The molecule has 1 heterocycles. The van der Waals surface area contributed by atoms with Crippen LogP contribution in [-0.4, -0.2) is 59.4 Å². The summed E-state index contributed by atoms with van der Waals surface area (Å²) in [6.07, 6.45) is -5.57.